The van der Waals surface area contributed by atoms with E-state index in [0.29, 0.717) is 0 Å². The van der Waals surface area contributed by atoms with Crippen molar-refractivity contribution in [2.45, 2.75) is 45.4 Å². The summed E-state index contributed by atoms with van der Waals surface area (Å²) < 4.78 is 4.64. The van der Waals surface area contributed by atoms with Crippen LogP contribution in [0.1, 0.15) is 51.2 Å². The lowest BCUT2D eigenvalue weighted by molar-refractivity contribution is -0.672. The van der Waals surface area contributed by atoms with E-state index < -0.39 is 0 Å². The number of aryl methyl sites for hydroxylation is 1. The Hall–Kier alpha value is -2.74. The lowest BCUT2D eigenvalue weighted by atomic mass is 9.82. The second-order valence-corrected chi connectivity index (χ2v) is 8.82. The zero-order chi connectivity index (χ0) is 19.5. The van der Waals surface area contributed by atoms with Crippen LogP contribution in [0.15, 0.2) is 83.5 Å². The molecule has 2 bridgehead atoms. The van der Waals surface area contributed by atoms with Crippen LogP contribution in [-0.2, 0) is 12.5 Å². The molecule has 0 atom stereocenters. The highest BCUT2D eigenvalue weighted by molar-refractivity contribution is 6.01. The molecule has 0 N–H and O–H groups in total. The smallest absolute Gasteiger partial charge is 0.207 e. The molecule has 2 heteroatoms. The number of hydrogen-bond acceptors (Lipinski definition) is 0. The molecule has 0 saturated carbocycles. The second kappa shape index (κ2) is 6.13. The number of nitrogens with zero attached hydrogens (tertiary/aromatic N) is 2. The lowest BCUT2D eigenvalue weighted by Gasteiger charge is -2.20. The van der Waals surface area contributed by atoms with Crippen LogP contribution >= 0.6 is 0 Å². The summed E-state index contributed by atoms with van der Waals surface area (Å²) in [5.74, 6) is 0. The Labute approximate surface area is 167 Å². The SMILES string of the molecule is CC1=CCCC=C1[N+]1=C2C=CC=CC(=C3C(=C1)C(C)(C)c1c[n+](C)ccc13)C2. The minimum atomic E-state index is -0.0216. The fourth-order valence-corrected chi connectivity index (χ4v) is 4.99. The predicted molar refractivity (Wildman–Crippen MR) is 115 cm³/mol. The zero-order valence-corrected chi connectivity index (χ0v) is 17.3. The number of pyridine rings is 1. The first-order valence-corrected chi connectivity index (χ1v) is 10.3. The molecule has 0 spiro atoms. The van der Waals surface area contributed by atoms with Crippen LogP contribution in [0, 0.1) is 0 Å². The van der Waals surface area contributed by atoms with Crippen LogP contribution < -0.4 is 4.57 Å². The Kier molecular flexibility index (Phi) is 3.80. The van der Waals surface area contributed by atoms with Crippen LogP contribution in [0.5, 0.6) is 0 Å². The summed E-state index contributed by atoms with van der Waals surface area (Å²) >= 11 is 0. The third-order valence-electron chi connectivity index (χ3n) is 6.56. The molecule has 0 amide bonds. The number of aromatic nitrogens is 1. The molecular weight excluding hydrogens is 340 g/mol. The molecule has 1 aliphatic heterocycles. The number of rotatable bonds is 1. The normalized spacial score (nSPS) is 22.2. The average Bonchev–Trinajstić information content (AvgIpc) is 2.89. The van der Waals surface area contributed by atoms with Gasteiger partial charge in [0, 0.05) is 34.3 Å². The van der Waals surface area contributed by atoms with Gasteiger partial charge in [-0.05, 0) is 42.6 Å². The van der Waals surface area contributed by atoms with Gasteiger partial charge in [0.15, 0.2) is 24.3 Å². The number of allylic oxidation sites excluding steroid dienone is 10. The van der Waals surface area contributed by atoms with Crippen molar-refractivity contribution < 1.29 is 9.14 Å². The molecule has 3 aliphatic carbocycles. The van der Waals surface area contributed by atoms with Gasteiger partial charge in [0.1, 0.15) is 7.05 Å². The minimum absolute atomic E-state index is 0.0216. The Balaban J connectivity index is 1.82. The Bertz CT molecular complexity index is 1110. The van der Waals surface area contributed by atoms with Crippen LogP contribution in [-0.4, -0.2) is 10.3 Å². The van der Waals surface area contributed by atoms with Crippen molar-refractivity contribution in [3.8, 4) is 0 Å². The second-order valence-electron chi connectivity index (χ2n) is 8.82. The van der Waals surface area contributed by atoms with Crippen molar-refractivity contribution in [3.63, 3.8) is 0 Å². The van der Waals surface area contributed by atoms with Crippen LogP contribution in [0.2, 0.25) is 0 Å². The highest BCUT2D eigenvalue weighted by Crippen LogP contribution is 2.52. The van der Waals surface area contributed by atoms with Crippen molar-refractivity contribution >= 4 is 11.3 Å². The largest absolute Gasteiger partial charge is 0.209 e. The fraction of sp³-hybridized carbons (Fsp3) is 0.308. The maximum Gasteiger partial charge on any atom is 0.209 e. The van der Waals surface area contributed by atoms with Gasteiger partial charge < -0.3 is 0 Å². The van der Waals surface area contributed by atoms with Gasteiger partial charge in [-0.3, -0.25) is 0 Å². The van der Waals surface area contributed by atoms with Gasteiger partial charge in [0.05, 0.1) is 6.42 Å². The predicted octanol–water partition coefficient (Wildman–Crippen LogP) is 5.05. The molecule has 0 saturated heterocycles. The van der Waals surface area contributed by atoms with Crippen LogP contribution in [0.25, 0.3) is 5.57 Å². The monoisotopic (exact) mass is 368 g/mol. The van der Waals surface area contributed by atoms with E-state index in [1.807, 2.05) is 0 Å². The molecule has 28 heavy (non-hydrogen) atoms. The van der Waals surface area contributed by atoms with Gasteiger partial charge in [0.2, 0.25) is 5.70 Å². The maximum atomic E-state index is 2.46. The Morgan fingerprint density at radius 2 is 1.82 bits per heavy atom. The molecule has 1 aromatic rings. The molecule has 2 heterocycles. The molecule has 5 rings (SSSR count). The van der Waals surface area contributed by atoms with Gasteiger partial charge in [-0.25, -0.2) is 4.57 Å². The molecule has 4 aliphatic rings. The quantitative estimate of drug-likeness (QED) is 0.613. The zero-order valence-electron chi connectivity index (χ0n) is 17.3. The average molecular weight is 369 g/mol. The topological polar surface area (TPSA) is 6.89 Å². The van der Waals surface area contributed by atoms with E-state index in [1.165, 1.54) is 44.8 Å². The standard InChI is InChI=1S/C26H28N2/c1-18-9-5-8-12-24(18)28-17-23-25(19-10-6-7-11-20(28)15-19)21-13-14-27(4)16-22(21)26(23,2)3/h6-7,9-14,16-17H,5,8,15H2,1-4H3/q+2. The van der Waals surface area contributed by atoms with Crippen LogP contribution in [0.4, 0.5) is 0 Å². The van der Waals surface area contributed by atoms with Gasteiger partial charge in [-0.1, -0.05) is 38.2 Å². The van der Waals surface area contributed by atoms with E-state index in [-0.39, 0.29) is 5.41 Å². The van der Waals surface area contributed by atoms with E-state index in [1.54, 1.807) is 0 Å². The van der Waals surface area contributed by atoms with Gasteiger partial charge in [-0.15, -0.1) is 0 Å². The molecule has 0 radical (unpaired) electrons. The number of fused-ring (bicyclic) bond motifs is 5. The summed E-state index contributed by atoms with van der Waals surface area (Å²) in [7, 11) is 2.12. The van der Waals surface area contributed by atoms with Gasteiger partial charge in [0.25, 0.3) is 0 Å². The van der Waals surface area contributed by atoms with Crippen molar-refractivity contribution in [2.24, 2.45) is 7.05 Å². The summed E-state index contributed by atoms with van der Waals surface area (Å²) in [5.41, 5.74) is 11.2. The Morgan fingerprint density at radius 3 is 2.64 bits per heavy atom. The maximum absolute atomic E-state index is 2.46. The van der Waals surface area contributed by atoms with Crippen molar-refractivity contribution in [1.82, 2.24) is 0 Å². The first-order chi connectivity index (χ1) is 13.5. The summed E-state index contributed by atoms with van der Waals surface area (Å²) in [4.78, 5) is 0. The summed E-state index contributed by atoms with van der Waals surface area (Å²) in [6.07, 6.45) is 23.9. The van der Waals surface area contributed by atoms with Gasteiger partial charge in [-0.2, -0.15) is 4.58 Å². The van der Waals surface area contributed by atoms with E-state index >= 15 is 0 Å². The summed E-state index contributed by atoms with van der Waals surface area (Å²) in [6, 6.07) is 2.30. The summed E-state index contributed by atoms with van der Waals surface area (Å²) in [6.45, 7) is 6.99. The van der Waals surface area contributed by atoms with E-state index in [4.69, 9.17) is 0 Å². The molecule has 0 fully saturated rings. The molecule has 0 unspecified atom stereocenters. The van der Waals surface area contributed by atoms with E-state index in [9.17, 15) is 0 Å². The molecule has 140 valence electrons. The first kappa shape index (κ1) is 17.4. The fourth-order valence-electron chi connectivity index (χ4n) is 4.99. The highest BCUT2D eigenvalue weighted by Gasteiger charge is 2.44. The first-order valence-electron chi connectivity index (χ1n) is 10.3. The lowest BCUT2D eigenvalue weighted by Crippen LogP contribution is -2.30. The Morgan fingerprint density at radius 1 is 1.04 bits per heavy atom. The van der Waals surface area contributed by atoms with Gasteiger partial charge >= 0.3 is 0 Å². The third kappa shape index (κ3) is 2.47. The van der Waals surface area contributed by atoms with Crippen molar-refractivity contribution in [1.29, 1.82) is 0 Å². The molecular formula is C26H28N2+2. The minimum Gasteiger partial charge on any atom is -0.207 e. The number of hydrogen-bond donors (Lipinski definition) is 0. The highest BCUT2D eigenvalue weighted by atomic mass is 15.0. The van der Waals surface area contributed by atoms with Crippen molar-refractivity contribution in [2.75, 3.05) is 0 Å². The van der Waals surface area contributed by atoms with Crippen LogP contribution in [0.3, 0.4) is 0 Å². The molecule has 1 aromatic heterocycles. The third-order valence-corrected chi connectivity index (χ3v) is 6.56. The van der Waals surface area contributed by atoms with E-state index in [0.717, 1.165) is 19.3 Å². The molecule has 2 nitrogen and oxygen atoms in total. The summed E-state index contributed by atoms with van der Waals surface area (Å²) in [5, 5.41) is 0. The molecule has 0 aromatic carbocycles. The van der Waals surface area contributed by atoms with Crippen molar-refractivity contribution in [3.05, 3.63) is 94.7 Å². The van der Waals surface area contributed by atoms with E-state index in [2.05, 4.69) is 98.1 Å².